The van der Waals surface area contributed by atoms with Gasteiger partial charge in [0.15, 0.2) is 0 Å². The third-order valence-corrected chi connectivity index (χ3v) is 3.37. The molecule has 2 heterocycles. The molecule has 3 N–H and O–H groups in total. The lowest BCUT2D eigenvalue weighted by Crippen LogP contribution is -2.43. The van der Waals surface area contributed by atoms with Crippen molar-refractivity contribution in [2.75, 3.05) is 11.9 Å². The van der Waals surface area contributed by atoms with E-state index in [9.17, 15) is 4.79 Å². The van der Waals surface area contributed by atoms with Crippen LogP contribution >= 0.6 is 0 Å². The maximum Gasteiger partial charge on any atom is 0.241 e. The molecule has 1 saturated heterocycles. The van der Waals surface area contributed by atoms with Crippen LogP contribution < -0.4 is 10.6 Å². The Kier molecular flexibility index (Phi) is 2.98. The molecule has 1 aromatic carbocycles. The Balaban J connectivity index is 1.79. The summed E-state index contributed by atoms with van der Waals surface area (Å²) < 4.78 is 0. The van der Waals surface area contributed by atoms with Crippen LogP contribution in [-0.2, 0) is 4.79 Å². The van der Waals surface area contributed by atoms with Crippen molar-refractivity contribution in [3.8, 4) is 0 Å². The van der Waals surface area contributed by atoms with Gasteiger partial charge < -0.3 is 10.6 Å². The second kappa shape index (κ2) is 4.78. The third kappa shape index (κ3) is 2.09. The molecule has 5 heteroatoms. The summed E-state index contributed by atoms with van der Waals surface area (Å²) in [7, 11) is 0. The quantitative estimate of drug-likeness (QED) is 0.752. The normalized spacial score (nSPS) is 19.9. The van der Waals surface area contributed by atoms with Gasteiger partial charge in [0.25, 0.3) is 0 Å². The molecule has 0 unspecified atom stereocenters. The molecule has 1 aliphatic heterocycles. The Morgan fingerprint density at radius 1 is 1.39 bits per heavy atom. The highest BCUT2D eigenvalue weighted by Gasteiger charge is 2.20. The van der Waals surface area contributed by atoms with Gasteiger partial charge in [0.1, 0.15) is 0 Å². The van der Waals surface area contributed by atoms with E-state index in [0.29, 0.717) is 0 Å². The van der Waals surface area contributed by atoms with Crippen LogP contribution in [-0.4, -0.2) is 28.7 Å². The maximum absolute atomic E-state index is 12.1. The number of carbonyl (C=O) groups is 1. The lowest BCUT2D eigenvalue weighted by atomic mass is 10.0. The first-order valence-electron chi connectivity index (χ1n) is 6.31. The number of carbonyl (C=O) groups excluding carboxylic acids is 1. The number of hydrogen-bond acceptors (Lipinski definition) is 3. The van der Waals surface area contributed by atoms with Crippen molar-refractivity contribution < 1.29 is 4.79 Å². The summed E-state index contributed by atoms with van der Waals surface area (Å²) in [6, 6.07) is 5.68. The fourth-order valence-corrected chi connectivity index (χ4v) is 2.37. The number of amides is 1. The van der Waals surface area contributed by atoms with Gasteiger partial charge >= 0.3 is 0 Å². The lowest BCUT2D eigenvalue weighted by molar-refractivity contribution is -0.118. The molecule has 94 valence electrons. The largest absolute Gasteiger partial charge is 0.324 e. The van der Waals surface area contributed by atoms with Gasteiger partial charge in [-0.25, -0.2) is 0 Å². The maximum atomic E-state index is 12.1. The predicted octanol–water partition coefficient (Wildman–Crippen LogP) is 1.64. The summed E-state index contributed by atoms with van der Waals surface area (Å²) >= 11 is 0. The van der Waals surface area contributed by atoms with Gasteiger partial charge in [0.2, 0.25) is 5.91 Å². The van der Waals surface area contributed by atoms with Crippen molar-refractivity contribution in [1.29, 1.82) is 0 Å². The van der Waals surface area contributed by atoms with E-state index in [2.05, 4.69) is 20.8 Å². The molecule has 1 aliphatic rings. The number of nitrogens with one attached hydrogen (secondary N) is 3. The first-order chi connectivity index (χ1) is 8.84. The zero-order valence-electron chi connectivity index (χ0n) is 10.1. The van der Waals surface area contributed by atoms with Crippen LogP contribution in [0.15, 0.2) is 24.4 Å². The Hall–Kier alpha value is -1.88. The molecular weight excluding hydrogens is 228 g/mol. The van der Waals surface area contributed by atoms with E-state index in [1.165, 1.54) is 0 Å². The van der Waals surface area contributed by atoms with Crippen molar-refractivity contribution in [1.82, 2.24) is 15.5 Å². The molecule has 0 radical (unpaired) electrons. The number of piperidine rings is 1. The molecule has 1 fully saturated rings. The van der Waals surface area contributed by atoms with Crippen LogP contribution in [0.25, 0.3) is 10.9 Å². The van der Waals surface area contributed by atoms with Crippen LogP contribution in [0, 0.1) is 0 Å². The number of aromatic nitrogens is 2. The molecule has 18 heavy (non-hydrogen) atoms. The van der Waals surface area contributed by atoms with Gasteiger partial charge in [-0.05, 0) is 31.5 Å². The summed E-state index contributed by atoms with van der Waals surface area (Å²) in [4.78, 5) is 12.1. The number of nitrogens with zero attached hydrogens (tertiary/aromatic N) is 1. The van der Waals surface area contributed by atoms with Crippen LogP contribution in [0.4, 0.5) is 5.69 Å². The minimum absolute atomic E-state index is 0.0448. The van der Waals surface area contributed by atoms with E-state index in [0.717, 1.165) is 42.4 Å². The summed E-state index contributed by atoms with van der Waals surface area (Å²) in [6.45, 7) is 0.925. The van der Waals surface area contributed by atoms with Gasteiger partial charge in [-0.3, -0.25) is 9.89 Å². The van der Waals surface area contributed by atoms with Crippen molar-refractivity contribution in [3.05, 3.63) is 24.4 Å². The Bertz CT molecular complexity index is 557. The molecule has 0 spiro atoms. The fourth-order valence-electron chi connectivity index (χ4n) is 2.37. The topological polar surface area (TPSA) is 69.8 Å². The molecule has 1 atom stereocenters. The average Bonchev–Trinajstić information content (AvgIpc) is 2.89. The molecule has 3 rings (SSSR count). The predicted molar refractivity (Wildman–Crippen MR) is 70.4 cm³/mol. The van der Waals surface area contributed by atoms with Gasteiger partial charge in [0.05, 0.1) is 23.4 Å². The fraction of sp³-hybridized carbons (Fsp3) is 0.385. The average molecular weight is 244 g/mol. The van der Waals surface area contributed by atoms with Crippen molar-refractivity contribution in [2.45, 2.75) is 25.3 Å². The van der Waals surface area contributed by atoms with E-state index in [-0.39, 0.29) is 11.9 Å². The second-order valence-corrected chi connectivity index (χ2v) is 4.63. The van der Waals surface area contributed by atoms with Crippen molar-refractivity contribution >= 4 is 22.5 Å². The first kappa shape index (κ1) is 11.2. The van der Waals surface area contributed by atoms with Crippen LogP contribution in [0.5, 0.6) is 0 Å². The molecule has 0 saturated carbocycles. The van der Waals surface area contributed by atoms with E-state index in [1.54, 1.807) is 6.20 Å². The number of rotatable bonds is 2. The molecule has 1 aromatic heterocycles. The molecule has 2 aromatic rings. The molecule has 5 nitrogen and oxygen atoms in total. The second-order valence-electron chi connectivity index (χ2n) is 4.63. The molecule has 0 bridgehead atoms. The minimum Gasteiger partial charge on any atom is -0.324 e. The summed E-state index contributed by atoms with van der Waals surface area (Å²) in [5, 5.41) is 14.1. The first-order valence-corrected chi connectivity index (χ1v) is 6.31. The van der Waals surface area contributed by atoms with E-state index < -0.39 is 0 Å². The van der Waals surface area contributed by atoms with Crippen molar-refractivity contribution in [3.63, 3.8) is 0 Å². The number of fused-ring (bicyclic) bond motifs is 1. The highest BCUT2D eigenvalue weighted by molar-refractivity contribution is 6.02. The number of benzene rings is 1. The van der Waals surface area contributed by atoms with Gasteiger partial charge in [-0.15, -0.1) is 0 Å². The van der Waals surface area contributed by atoms with E-state index in [4.69, 9.17) is 0 Å². The van der Waals surface area contributed by atoms with Crippen LogP contribution in [0.3, 0.4) is 0 Å². The zero-order valence-corrected chi connectivity index (χ0v) is 10.1. The van der Waals surface area contributed by atoms with Crippen LogP contribution in [0.1, 0.15) is 19.3 Å². The van der Waals surface area contributed by atoms with Crippen molar-refractivity contribution in [2.24, 2.45) is 0 Å². The number of aromatic amines is 1. The summed E-state index contributed by atoms with van der Waals surface area (Å²) in [6.07, 6.45) is 4.91. The van der Waals surface area contributed by atoms with E-state index >= 15 is 0 Å². The summed E-state index contributed by atoms with van der Waals surface area (Å²) in [5.41, 5.74) is 1.75. The van der Waals surface area contributed by atoms with Gasteiger partial charge in [-0.2, -0.15) is 5.10 Å². The lowest BCUT2D eigenvalue weighted by Gasteiger charge is -2.22. The Morgan fingerprint density at radius 3 is 3.17 bits per heavy atom. The third-order valence-electron chi connectivity index (χ3n) is 3.37. The Labute approximate surface area is 105 Å². The smallest absolute Gasteiger partial charge is 0.241 e. The van der Waals surface area contributed by atoms with Crippen LogP contribution in [0.2, 0.25) is 0 Å². The molecule has 0 aliphatic carbocycles. The number of H-pyrrole nitrogens is 1. The Morgan fingerprint density at radius 2 is 2.33 bits per heavy atom. The summed E-state index contributed by atoms with van der Waals surface area (Å²) in [5.74, 6) is 0.0448. The minimum atomic E-state index is -0.0686. The van der Waals surface area contributed by atoms with Gasteiger partial charge in [-0.1, -0.05) is 12.5 Å². The highest BCUT2D eigenvalue weighted by atomic mass is 16.2. The SMILES string of the molecule is O=C(Nc1cccc2[nH]ncc12)[C@@H]1CCCCN1. The van der Waals surface area contributed by atoms with E-state index in [1.807, 2.05) is 18.2 Å². The highest BCUT2D eigenvalue weighted by Crippen LogP contribution is 2.21. The van der Waals surface area contributed by atoms with Gasteiger partial charge in [0, 0.05) is 5.39 Å². The molecular formula is C13H16N4O. The monoisotopic (exact) mass is 244 g/mol. The standard InChI is InChI=1S/C13H16N4O/c18-13(12-4-1-2-7-14-12)16-10-5-3-6-11-9(10)8-15-17-11/h3,5-6,8,12,14H,1-2,4,7H2,(H,15,17)(H,16,18)/t12-/m0/s1. The number of hydrogen-bond donors (Lipinski definition) is 3. The molecule has 1 amide bonds. The number of anilines is 1. The zero-order chi connectivity index (χ0) is 12.4.